The van der Waals surface area contributed by atoms with Crippen LogP contribution in [0.2, 0.25) is 0 Å². The Balaban J connectivity index is 2.05. The first kappa shape index (κ1) is 14.9. The number of methoxy groups -OCH3 is 1. The third-order valence-corrected chi connectivity index (χ3v) is 3.83. The first-order chi connectivity index (χ1) is 9.61. The summed E-state index contributed by atoms with van der Waals surface area (Å²) in [6, 6.07) is 3.73. The average Bonchev–Trinajstić information content (AvgIpc) is 2.47. The number of pyridine rings is 1. The molecule has 1 fully saturated rings. The van der Waals surface area contributed by atoms with E-state index < -0.39 is 0 Å². The number of likely N-dealkylation sites (tertiary alicyclic amines) is 1. The largest absolute Gasteiger partial charge is 0.465 e. The second-order valence-electron chi connectivity index (χ2n) is 4.91. The van der Waals surface area contributed by atoms with Crippen LogP contribution in [-0.4, -0.2) is 40.5 Å². The van der Waals surface area contributed by atoms with Crippen LogP contribution in [0, 0.1) is 0 Å². The normalized spacial score (nSPS) is 19.6. The maximum atomic E-state index is 11.3. The molecule has 1 aromatic heterocycles. The molecule has 5 nitrogen and oxygen atoms in total. The standard InChI is InChI=1S/C14H19N3O2S/c1-19-14(18)10-5-6-11(16-8-10)9-17-7-3-2-4-12(17)13(15)20/h5-6,8,12H,2-4,7,9H2,1H3,(H2,15,20). The Hall–Kier alpha value is -1.53. The SMILES string of the molecule is COC(=O)c1ccc(CN2CCCCC2C(N)=S)nc1. The van der Waals surface area contributed by atoms with E-state index in [9.17, 15) is 4.79 Å². The number of hydrogen-bond donors (Lipinski definition) is 1. The van der Waals surface area contributed by atoms with Crippen LogP contribution in [0.1, 0.15) is 35.3 Å². The van der Waals surface area contributed by atoms with E-state index in [1.807, 2.05) is 6.07 Å². The first-order valence-electron chi connectivity index (χ1n) is 6.68. The van der Waals surface area contributed by atoms with Crippen LogP contribution in [0.15, 0.2) is 18.3 Å². The molecule has 0 radical (unpaired) electrons. The number of esters is 1. The Labute approximate surface area is 124 Å². The monoisotopic (exact) mass is 293 g/mol. The summed E-state index contributed by atoms with van der Waals surface area (Å²) in [4.78, 5) is 18.5. The lowest BCUT2D eigenvalue weighted by Crippen LogP contribution is -2.46. The molecule has 0 aromatic carbocycles. The van der Waals surface area contributed by atoms with E-state index in [0.29, 0.717) is 17.1 Å². The summed E-state index contributed by atoms with van der Waals surface area (Å²) in [6.07, 6.45) is 4.86. The molecule has 20 heavy (non-hydrogen) atoms. The Morgan fingerprint density at radius 2 is 2.35 bits per heavy atom. The van der Waals surface area contributed by atoms with E-state index in [1.54, 1.807) is 12.3 Å². The molecule has 0 saturated carbocycles. The van der Waals surface area contributed by atoms with Gasteiger partial charge in [0.2, 0.25) is 0 Å². The smallest absolute Gasteiger partial charge is 0.339 e. The lowest BCUT2D eigenvalue weighted by Gasteiger charge is -2.34. The van der Waals surface area contributed by atoms with Gasteiger partial charge in [-0.15, -0.1) is 0 Å². The minimum absolute atomic E-state index is 0.154. The molecule has 2 N–H and O–H groups in total. The third-order valence-electron chi connectivity index (χ3n) is 3.55. The van der Waals surface area contributed by atoms with Gasteiger partial charge in [-0.1, -0.05) is 18.6 Å². The van der Waals surface area contributed by atoms with E-state index in [1.165, 1.54) is 7.11 Å². The molecule has 0 spiro atoms. The van der Waals surface area contributed by atoms with Crippen molar-refractivity contribution in [2.75, 3.05) is 13.7 Å². The number of nitrogens with two attached hydrogens (primary N) is 1. The summed E-state index contributed by atoms with van der Waals surface area (Å²) in [5, 5.41) is 0. The highest BCUT2D eigenvalue weighted by molar-refractivity contribution is 7.80. The van der Waals surface area contributed by atoms with Gasteiger partial charge in [0, 0.05) is 12.7 Å². The topological polar surface area (TPSA) is 68.5 Å². The van der Waals surface area contributed by atoms with Crippen LogP contribution in [-0.2, 0) is 11.3 Å². The lowest BCUT2D eigenvalue weighted by atomic mass is 10.0. The van der Waals surface area contributed by atoms with Gasteiger partial charge in [-0.3, -0.25) is 9.88 Å². The Morgan fingerprint density at radius 3 is 2.95 bits per heavy atom. The molecule has 1 unspecified atom stereocenters. The predicted molar refractivity (Wildman–Crippen MR) is 80.4 cm³/mol. The van der Waals surface area contributed by atoms with Crippen LogP contribution < -0.4 is 5.73 Å². The number of hydrogen-bond acceptors (Lipinski definition) is 5. The zero-order valence-corrected chi connectivity index (χ0v) is 12.4. The molecule has 0 bridgehead atoms. The molecule has 1 aromatic rings. The van der Waals surface area contributed by atoms with Gasteiger partial charge in [0.25, 0.3) is 0 Å². The van der Waals surface area contributed by atoms with Crippen molar-refractivity contribution in [3.8, 4) is 0 Å². The summed E-state index contributed by atoms with van der Waals surface area (Å²) in [7, 11) is 1.36. The zero-order chi connectivity index (χ0) is 14.5. The minimum Gasteiger partial charge on any atom is -0.465 e. The molecule has 1 aliphatic rings. The van der Waals surface area contributed by atoms with Gasteiger partial charge >= 0.3 is 5.97 Å². The van der Waals surface area contributed by atoms with E-state index in [0.717, 1.165) is 31.5 Å². The molecule has 0 amide bonds. The predicted octanol–water partition coefficient (Wildman–Crippen LogP) is 1.51. The second-order valence-corrected chi connectivity index (χ2v) is 5.39. The maximum absolute atomic E-state index is 11.3. The Morgan fingerprint density at radius 1 is 1.55 bits per heavy atom. The number of ether oxygens (including phenoxy) is 1. The molecule has 1 aliphatic heterocycles. The molecule has 2 heterocycles. The van der Waals surface area contributed by atoms with Crippen molar-refractivity contribution in [1.29, 1.82) is 0 Å². The van der Waals surface area contributed by atoms with Crippen molar-refractivity contribution in [3.63, 3.8) is 0 Å². The summed E-state index contributed by atoms with van der Waals surface area (Å²) in [5.74, 6) is -0.372. The molecular formula is C14H19N3O2S. The van der Waals surface area contributed by atoms with Crippen molar-refractivity contribution in [1.82, 2.24) is 9.88 Å². The van der Waals surface area contributed by atoms with Gasteiger partial charge in [-0.2, -0.15) is 0 Å². The minimum atomic E-state index is -0.372. The van der Waals surface area contributed by atoms with Crippen molar-refractivity contribution < 1.29 is 9.53 Å². The average molecular weight is 293 g/mol. The first-order valence-corrected chi connectivity index (χ1v) is 7.09. The molecule has 1 saturated heterocycles. The number of aromatic nitrogens is 1. The van der Waals surface area contributed by atoms with Gasteiger partial charge in [0.15, 0.2) is 0 Å². The van der Waals surface area contributed by atoms with Crippen molar-refractivity contribution in [2.45, 2.75) is 31.8 Å². The van der Waals surface area contributed by atoms with Gasteiger partial charge < -0.3 is 10.5 Å². The van der Waals surface area contributed by atoms with E-state index in [-0.39, 0.29) is 12.0 Å². The third kappa shape index (κ3) is 3.52. The lowest BCUT2D eigenvalue weighted by molar-refractivity contribution is 0.0600. The number of piperidine rings is 1. The van der Waals surface area contributed by atoms with Gasteiger partial charge in [-0.25, -0.2) is 4.79 Å². The highest BCUT2D eigenvalue weighted by Gasteiger charge is 2.24. The van der Waals surface area contributed by atoms with E-state index >= 15 is 0 Å². The van der Waals surface area contributed by atoms with Gasteiger partial charge in [-0.05, 0) is 31.5 Å². The van der Waals surface area contributed by atoms with Crippen LogP contribution in [0.4, 0.5) is 0 Å². The molecule has 6 heteroatoms. The van der Waals surface area contributed by atoms with Crippen molar-refractivity contribution in [3.05, 3.63) is 29.6 Å². The summed E-state index contributed by atoms with van der Waals surface area (Å²) >= 11 is 5.13. The summed E-state index contributed by atoms with van der Waals surface area (Å²) in [5.41, 5.74) is 7.16. The Kier molecular flexibility index (Phi) is 5.03. The fraction of sp³-hybridized carbons (Fsp3) is 0.500. The Bertz CT molecular complexity index is 490. The number of carbonyl (C=O) groups excluding carboxylic acids is 1. The number of nitrogens with zero attached hydrogens (tertiary/aromatic N) is 2. The van der Waals surface area contributed by atoms with Crippen molar-refractivity contribution >= 4 is 23.2 Å². The number of thiocarbonyl (C=S) groups is 1. The molecule has 0 aliphatic carbocycles. The number of rotatable bonds is 4. The fourth-order valence-electron chi connectivity index (χ4n) is 2.47. The van der Waals surface area contributed by atoms with Gasteiger partial charge in [0.05, 0.1) is 29.4 Å². The quantitative estimate of drug-likeness (QED) is 0.670. The highest BCUT2D eigenvalue weighted by atomic mass is 32.1. The van der Waals surface area contributed by atoms with Crippen LogP contribution in [0.3, 0.4) is 0 Å². The molecule has 2 rings (SSSR count). The van der Waals surface area contributed by atoms with Crippen LogP contribution in [0.25, 0.3) is 0 Å². The fourth-order valence-corrected chi connectivity index (χ4v) is 2.73. The van der Waals surface area contributed by atoms with Crippen LogP contribution in [0.5, 0.6) is 0 Å². The molecular weight excluding hydrogens is 274 g/mol. The maximum Gasteiger partial charge on any atom is 0.339 e. The van der Waals surface area contributed by atoms with Crippen LogP contribution >= 0.6 is 12.2 Å². The number of carbonyl (C=O) groups is 1. The molecule has 1 atom stereocenters. The van der Waals surface area contributed by atoms with Crippen molar-refractivity contribution in [2.24, 2.45) is 5.73 Å². The zero-order valence-electron chi connectivity index (χ0n) is 11.5. The molecule has 108 valence electrons. The van der Waals surface area contributed by atoms with E-state index in [4.69, 9.17) is 18.0 Å². The highest BCUT2D eigenvalue weighted by Crippen LogP contribution is 2.19. The summed E-state index contributed by atoms with van der Waals surface area (Å²) in [6.45, 7) is 1.67. The van der Waals surface area contributed by atoms with Gasteiger partial charge in [0.1, 0.15) is 0 Å². The van der Waals surface area contributed by atoms with E-state index in [2.05, 4.69) is 14.6 Å². The second kappa shape index (κ2) is 6.76. The summed E-state index contributed by atoms with van der Waals surface area (Å²) < 4.78 is 4.65.